The Morgan fingerprint density at radius 1 is 1.22 bits per heavy atom. The Balaban J connectivity index is 1.83. The molecule has 0 unspecified atom stereocenters. The van der Waals surface area contributed by atoms with E-state index in [-0.39, 0.29) is 0 Å². The van der Waals surface area contributed by atoms with Gasteiger partial charge >= 0.3 is 0 Å². The normalized spacial score (nSPS) is 19.7. The predicted molar refractivity (Wildman–Crippen MR) is 73.2 cm³/mol. The molecular weight excluding hydrogens is 224 g/mol. The van der Waals surface area contributed by atoms with Crippen molar-refractivity contribution in [1.29, 1.82) is 0 Å². The Morgan fingerprint density at radius 2 is 1.89 bits per heavy atom. The number of hydrogen-bond donors (Lipinski definition) is 1. The maximum Gasteiger partial charge on any atom is 0.146 e. The van der Waals surface area contributed by atoms with Crippen LogP contribution >= 0.6 is 0 Å². The number of aryl methyl sites for hydroxylation is 1. The molecule has 4 nitrogen and oxygen atoms in total. The average molecular weight is 250 g/mol. The topological polar surface area (TPSA) is 42.7 Å². The van der Waals surface area contributed by atoms with Gasteiger partial charge in [0, 0.05) is 13.1 Å². The standard InChI is InChI=1S/C14H26N4/c1-11(13-8-6-4-5-7-9-13)15-10-14-17-16-12(2)18(14)3/h11,13,15H,4-10H2,1-3H3/t11-/m0/s1. The third-order valence-electron chi connectivity index (χ3n) is 4.37. The van der Waals surface area contributed by atoms with Gasteiger partial charge in [0.1, 0.15) is 11.6 Å². The molecule has 102 valence electrons. The highest BCUT2D eigenvalue weighted by atomic mass is 15.3. The number of rotatable bonds is 4. The second-order valence-corrected chi connectivity index (χ2v) is 5.64. The molecule has 1 heterocycles. The highest BCUT2D eigenvalue weighted by Gasteiger charge is 2.19. The van der Waals surface area contributed by atoms with Gasteiger partial charge in [0.2, 0.25) is 0 Å². The Bertz CT molecular complexity index is 364. The fourth-order valence-electron chi connectivity index (χ4n) is 2.83. The summed E-state index contributed by atoms with van der Waals surface area (Å²) in [6.45, 7) is 5.14. The summed E-state index contributed by atoms with van der Waals surface area (Å²) in [7, 11) is 2.03. The van der Waals surface area contributed by atoms with Crippen LogP contribution in [0.4, 0.5) is 0 Å². The van der Waals surface area contributed by atoms with Crippen molar-refractivity contribution in [2.24, 2.45) is 13.0 Å². The number of aromatic nitrogens is 3. The van der Waals surface area contributed by atoms with Crippen molar-refractivity contribution in [2.45, 2.75) is 65.0 Å². The van der Waals surface area contributed by atoms with E-state index in [1.807, 2.05) is 14.0 Å². The van der Waals surface area contributed by atoms with Crippen LogP contribution in [0.2, 0.25) is 0 Å². The molecule has 1 aromatic rings. The Labute approximate surface area is 110 Å². The van der Waals surface area contributed by atoms with Crippen molar-refractivity contribution < 1.29 is 0 Å². The van der Waals surface area contributed by atoms with Crippen molar-refractivity contribution in [3.05, 3.63) is 11.6 Å². The van der Waals surface area contributed by atoms with E-state index >= 15 is 0 Å². The van der Waals surface area contributed by atoms with Crippen LogP contribution in [0, 0.1) is 12.8 Å². The molecule has 1 atom stereocenters. The SMILES string of the molecule is Cc1nnc(CN[C@@H](C)C2CCCCCC2)n1C. The first kappa shape index (κ1) is 13.5. The molecule has 1 aliphatic rings. The molecule has 1 aliphatic carbocycles. The molecule has 0 spiro atoms. The van der Waals surface area contributed by atoms with Gasteiger partial charge < -0.3 is 9.88 Å². The van der Waals surface area contributed by atoms with Crippen LogP contribution in [-0.2, 0) is 13.6 Å². The lowest BCUT2D eigenvalue weighted by molar-refractivity contribution is 0.333. The van der Waals surface area contributed by atoms with Gasteiger partial charge in [0.05, 0.1) is 6.54 Å². The summed E-state index contributed by atoms with van der Waals surface area (Å²) in [6.07, 6.45) is 8.41. The minimum atomic E-state index is 0.583. The van der Waals surface area contributed by atoms with Gasteiger partial charge in [-0.3, -0.25) is 0 Å². The zero-order chi connectivity index (χ0) is 13.0. The summed E-state index contributed by atoms with van der Waals surface area (Å²) in [4.78, 5) is 0. The fraction of sp³-hybridized carbons (Fsp3) is 0.857. The van der Waals surface area contributed by atoms with Gasteiger partial charge in [-0.1, -0.05) is 25.7 Å². The van der Waals surface area contributed by atoms with Gasteiger partial charge in [0.15, 0.2) is 0 Å². The lowest BCUT2D eigenvalue weighted by atomic mass is 9.93. The second kappa shape index (κ2) is 6.32. The minimum Gasteiger partial charge on any atom is -0.317 e. The van der Waals surface area contributed by atoms with Gasteiger partial charge in [-0.2, -0.15) is 0 Å². The van der Waals surface area contributed by atoms with E-state index in [0.29, 0.717) is 6.04 Å². The molecule has 2 rings (SSSR count). The van der Waals surface area contributed by atoms with Gasteiger partial charge in [0.25, 0.3) is 0 Å². The Hall–Kier alpha value is -0.900. The highest BCUT2D eigenvalue weighted by molar-refractivity contribution is 4.92. The van der Waals surface area contributed by atoms with E-state index in [1.165, 1.54) is 38.5 Å². The first-order valence-electron chi connectivity index (χ1n) is 7.26. The van der Waals surface area contributed by atoms with Crippen LogP contribution in [0.1, 0.15) is 57.1 Å². The van der Waals surface area contributed by atoms with Crippen molar-refractivity contribution in [3.63, 3.8) is 0 Å². The van der Waals surface area contributed by atoms with Crippen LogP contribution in [0.15, 0.2) is 0 Å². The van der Waals surface area contributed by atoms with E-state index in [9.17, 15) is 0 Å². The third kappa shape index (κ3) is 3.31. The summed E-state index contributed by atoms with van der Waals surface area (Å²) in [5, 5.41) is 11.9. The lowest BCUT2D eigenvalue weighted by Gasteiger charge is -2.23. The second-order valence-electron chi connectivity index (χ2n) is 5.64. The molecule has 1 aromatic heterocycles. The summed E-state index contributed by atoms with van der Waals surface area (Å²) in [6, 6.07) is 0.583. The molecule has 4 heteroatoms. The smallest absolute Gasteiger partial charge is 0.146 e. The molecule has 0 radical (unpaired) electrons. The molecule has 0 amide bonds. The largest absolute Gasteiger partial charge is 0.317 e. The van der Waals surface area contributed by atoms with Gasteiger partial charge in [-0.25, -0.2) is 0 Å². The van der Waals surface area contributed by atoms with Crippen LogP contribution in [0.3, 0.4) is 0 Å². The van der Waals surface area contributed by atoms with Crippen LogP contribution < -0.4 is 5.32 Å². The highest BCUT2D eigenvalue weighted by Crippen LogP contribution is 2.25. The van der Waals surface area contributed by atoms with Crippen molar-refractivity contribution in [3.8, 4) is 0 Å². The molecular formula is C14H26N4. The molecule has 0 aliphatic heterocycles. The molecule has 1 fully saturated rings. The Kier molecular flexibility index (Phi) is 4.75. The maximum atomic E-state index is 4.20. The molecule has 0 bridgehead atoms. The van der Waals surface area contributed by atoms with Crippen LogP contribution in [0.5, 0.6) is 0 Å². The fourth-order valence-corrected chi connectivity index (χ4v) is 2.83. The van der Waals surface area contributed by atoms with E-state index in [0.717, 1.165) is 24.1 Å². The van der Waals surface area contributed by atoms with E-state index < -0.39 is 0 Å². The van der Waals surface area contributed by atoms with Crippen molar-refractivity contribution >= 4 is 0 Å². The number of hydrogen-bond acceptors (Lipinski definition) is 3. The van der Waals surface area contributed by atoms with Gasteiger partial charge in [-0.15, -0.1) is 10.2 Å². The summed E-state index contributed by atoms with van der Waals surface area (Å²) in [5.41, 5.74) is 0. The monoisotopic (exact) mass is 250 g/mol. The third-order valence-corrected chi connectivity index (χ3v) is 4.37. The maximum absolute atomic E-state index is 4.20. The molecule has 18 heavy (non-hydrogen) atoms. The molecule has 1 saturated carbocycles. The number of nitrogens with zero attached hydrogens (tertiary/aromatic N) is 3. The quantitative estimate of drug-likeness (QED) is 0.835. The van der Waals surface area contributed by atoms with E-state index in [1.54, 1.807) is 0 Å². The minimum absolute atomic E-state index is 0.583. The lowest BCUT2D eigenvalue weighted by Crippen LogP contribution is -2.33. The van der Waals surface area contributed by atoms with Crippen molar-refractivity contribution in [1.82, 2.24) is 20.1 Å². The van der Waals surface area contributed by atoms with E-state index in [2.05, 4.69) is 27.0 Å². The first-order valence-corrected chi connectivity index (χ1v) is 7.26. The first-order chi connectivity index (χ1) is 8.68. The number of nitrogens with one attached hydrogen (secondary N) is 1. The Morgan fingerprint density at radius 3 is 2.44 bits per heavy atom. The van der Waals surface area contributed by atoms with Crippen molar-refractivity contribution in [2.75, 3.05) is 0 Å². The van der Waals surface area contributed by atoms with Crippen LogP contribution in [-0.4, -0.2) is 20.8 Å². The zero-order valence-corrected chi connectivity index (χ0v) is 11.9. The molecule has 0 aromatic carbocycles. The predicted octanol–water partition coefficient (Wildman–Crippen LogP) is 2.57. The summed E-state index contributed by atoms with van der Waals surface area (Å²) < 4.78 is 2.06. The van der Waals surface area contributed by atoms with Gasteiger partial charge in [-0.05, 0) is 32.6 Å². The van der Waals surface area contributed by atoms with E-state index in [4.69, 9.17) is 0 Å². The summed E-state index contributed by atoms with van der Waals surface area (Å²) in [5.74, 6) is 2.85. The average Bonchev–Trinajstić information content (AvgIpc) is 2.63. The van der Waals surface area contributed by atoms with Crippen LogP contribution in [0.25, 0.3) is 0 Å². The summed E-state index contributed by atoms with van der Waals surface area (Å²) >= 11 is 0. The molecule has 1 N–H and O–H groups in total. The molecule has 0 saturated heterocycles. The zero-order valence-electron chi connectivity index (χ0n) is 11.9.